The molecule has 8 nitrogen and oxygen atoms in total. The fourth-order valence-corrected chi connectivity index (χ4v) is 1.83. The number of aryl methyl sites for hydroxylation is 2. The van der Waals surface area contributed by atoms with E-state index in [0.717, 1.165) is 5.69 Å². The molecule has 2 aromatic rings. The number of carbonyl (C=O) groups is 2. The number of aromatic nitrogens is 4. The van der Waals surface area contributed by atoms with Crippen molar-refractivity contribution in [3.05, 3.63) is 29.8 Å². The number of nitrogens with two attached hydrogens (primary N) is 1. The standard InChI is InChI=1S/C12H16N6O2/c1-7-4-5-18(16-7)8(2)12(20)15-9-6-14-17(3)10(9)11(13)19/h4-6,8H,1-3H3,(H2,13,19)(H,15,20). The molecule has 0 spiro atoms. The topological polar surface area (TPSA) is 108 Å². The minimum Gasteiger partial charge on any atom is -0.364 e. The Balaban J connectivity index is 2.18. The van der Waals surface area contributed by atoms with Crippen LogP contribution in [0.3, 0.4) is 0 Å². The summed E-state index contributed by atoms with van der Waals surface area (Å²) >= 11 is 0. The molecule has 3 N–H and O–H groups in total. The number of primary amides is 1. The molecule has 0 saturated heterocycles. The van der Waals surface area contributed by atoms with Gasteiger partial charge in [-0.1, -0.05) is 0 Å². The van der Waals surface area contributed by atoms with E-state index in [9.17, 15) is 9.59 Å². The van der Waals surface area contributed by atoms with E-state index in [-0.39, 0.29) is 11.6 Å². The Hall–Kier alpha value is -2.64. The maximum atomic E-state index is 12.1. The number of hydrogen-bond donors (Lipinski definition) is 2. The van der Waals surface area contributed by atoms with Gasteiger partial charge in [0, 0.05) is 13.2 Å². The monoisotopic (exact) mass is 276 g/mol. The average Bonchev–Trinajstić information content (AvgIpc) is 2.95. The second-order valence-corrected chi connectivity index (χ2v) is 4.50. The summed E-state index contributed by atoms with van der Waals surface area (Å²) in [6, 6.07) is 1.30. The van der Waals surface area contributed by atoms with Crippen molar-refractivity contribution in [3.63, 3.8) is 0 Å². The molecule has 2 rings (SSSR count). The lowest BCUT2D eigenvalue weighted by Crippen LogP contribution is -2.26. The number of carbonyl (C=O) groups excluding carboxylic acids is 2. The van der Waals surface area contributed by atoms with Crippen molar-refractivity contribution in [2.24, 2.45) is 12.8 Å². The molecule has 8 heteroatoms. The van der Waals surface area contributed by atoms with Crippen molar-refractivity contribution in [2.75, 3.05) is 5.32 Å². The van der Waals surface area contributed by atoms with Crippen LogP contribution in [0.4, 0.5) is 5.69 Å². The highest BCUT2D eigenvalue weighted by Crippen LogP contribution is 2.16. The van der Waals surface area contributed by atoms with Crippen LogP contribution in [0.25, 0.3) is 0 Å². The SMILES string of the molecule is Cc1ccn(C(C)C(=O)Nc2cnn(C)c2C(N)=O)n1. The summed E-state index contributed by atoms with van der Waals surface area (Å²) in [5, 5.41) is 10.7. The van der Waals surface area contributed by atoms with Crippen LogP contribution in [0.5, 0.6) is 0 Å². The van der Waals surface area contributed by atoms with Gasteiger partial charge in [-0.3, -0.25) is 19.0 Å². The van der Waals surface area contributed by atoms with Gasteiger partial charge in [0.05, 0.1) is 17.6 Å². The first-order chi connectivity index (χ1) is 9.40. The Bertz CT molecular complexity index is 657. The van der Waals surface area contributed by atoms with Gasteiger partial charge in [-0.2, -0.15) is 10.2 Å². The van der Waals surface area contributed by atoms with E-state index in [2.05, 4.69) is 15.5 Å². The summed E-state index contributed by atoms with van der Waals surface area (Å²) in [5.41, 5.74) is 6.53. The molecule has 0 aliphatic carbocycles. The Kier molecular flexibility index (Phi) is 3.55. The molecule has 0 saturated carbocycles. The lowest BCUT2D eigenvalue weighted by molar-refractivity contribution is -0.119. The summed E-state index contributed by atoms with van der Waals surface area (Å²) < 4.78 is 2.87. The van der Waals surface area contributed by atoms with Crippen LogP contribution in [-0.4, -0.2) is 31.4 Å². The molecule has 0 bridgehead atoms. The van der Waals surface area contributed by atoms with Crippen molar-refractivity contribution >= 4 is 17.5 Å². The average molecular weight is 276 g/mol. The fourth-order valence-electron chi connectivity index (χ4n) is 1.83. The number of anilines is 1. The molecule has 2 aromatic heterocycles. The maximum absolute atomic E-state index is 12.1. The van der Waals surface area contributed by atoms with Gasteiger partial charge in [0.1, 0.15) is 11.7 Å². The van der Waals surface area contributed by atoms with Crippen molar-refractivity contribution in [2.45, 2.75) is 19.9 Å². The predicted octanol–water partition coefficient (Wildman–Crippen LogP) is 0.224. The van der Waals surface area contributed by atoms with Gasteiger partial charge < -0.3 is 11.1 Å². The predicted molar refractivity (Wildman–Crippen MR) is 72.0 cm³/mol. The Labute approximate surface area is 115 Å². The third kappa shape index (κ3) is 2.53. The van der Waals surface area contributed by atoms with E-state index < -0.39 is 11.9 Å². The summed E-state index contributed by atoms with van der Waals surface area (Å²) in [6.45, 7) is 3.55. The number of hydrogen-bond acceptors (Lipinski definition) is 4. The van der Waals surface area contributed by atoms with E-state index in [1.165, 1.54) is 10.9 Å². The first-order valence-electron chi connectivity index (χ1n) is 6.04. The molecule has 0 aliphatic rings. The quantitative estimate of drug-likeness (QED) is 0.832. The van der Waals surface area contributed by atoms with Gasteiger partial charge in [-0.15, -0.1) is 0 Å². The van der Waals surface area contributed by atoms with E-state index >= 15 is 0 Å². The molecule has 2 amide bonds. The smallest absolute Gasteiger partial charge is 0.269 e. The van der Waals surface area contributed by atoms with Crippen molar-refractivity contribution in [1.29, 1.82) is 0 Å². The van der Waals surface area contributed by atoms with Crippen molar-refractivity contribution in [3.8, 4) is 0 Å². The van der Waals surface area contributed by atoms with Crippen LogP contribution in [0.15, 0.2) is 18.5 Å². The van der Waals surface area contributed by atoms with E-state index in [0.29, 0.717) is 5.69 Å². The molecule has 0 aliphatic heterocycles. The number of nitrogens with zero attached hydrogens (tertiary/aromatic N) is 4. The highest BCUT2D eigenvalue weighted by atomic mass is 16.2. The zero-order chi connectivity index (χ0) is 14.9. The van der Waals surface area contributed by atoms with Gasteiger partial charge >= 0.3 is 0 Å². The highest BCUT2D eigenvalue weighted by Gasteiger charge is 2.20. The zero-order valence-corrected chi connectivity index (χ0v) is 11.5. The van der Waals surface area contributed by atoms with Gasteiger partial charge in [-0.05, 0) is 19.9 Å². The number of amides is 2. The second kappa shape index (κ2) is 5.16. The van der Waals surface area contributed by atoms with Gasteiger partial charge in [0.25, 0.3) is 5.91 Å². The molecule has 0 fully saturated rings. The molecule has 0 aromatic carbocycles. The molecule has 1 unspecified atom stereocenters. The first-order valence-corrected chi connectivity index (χ1v) is 6.04. The van der Waals surface area contributed by atoms with Gasteiger partial charge in [0.15, 0.2) is 0 Å². The summed E-state index contributed by atoms with van der Waals surface area (Å²) in [6.07, 6.45) is 3.11. The normalized spacial score (nSPS) is 12.2. The molecule has 1 atom stereocenters. The highest BCUT2D eigenvalue weighted by molar-refractivity contribution is 6.02. The Morgan fingerprint density at radius 3 is 2.70 bits per heavy atom. The lowest BCUT2D eigenvalue weighted by Gasteiger charge is -2.12. The minimum atomic E-state index is -0.650. The van der Waals surface area contributed by atoms with Crippen LogP contribution < -0.4 is 11.1 Å². The van der Waals surface area contributed by atoms with Crippen LogP contribution in [-0.2, 0) is 11.8 Å². The van der Waals surface area contributed by atoms with Crippen molar-refractivity contribution < 1.29 is 9.59 Å². The third-order valence-electron chi connectivity index (χ3n) is 2.95. The summed E-state index contributed by atoms with van der Waals surface area (Å²) in [5.74, 6) is -0.952. The first kappa shape index (κ1) is 13.8. The summed E-state index contributed by atoms with van der Waals surface area (Å²) in [7, 11) is 1.58. The minimum absolute atomic E-state index is 0.155. The van der Waals surface area contributed by atoms with Crippen LogP contribution in [0.1, 0.15) is 29.1 Å². The molecule has 106 valence electrons. The maximum Gasteiger partial charge on any atom is 0.269 e. The molecular weight excluding hydrogens is 260 g/mol. The van der Waals surface area contributed by atoms with E-state index in [1.54, 1.807) is 24.9 Å². The Morgan fingerprint density at radius 1 is 1.45 bits per heavy atom. The fraction of sp³-hybridized carbons (Fsp3) is 0.333. The third-order valence-corrected chi connectivity index (χ3v) is 2.95. The van der Waals surface area contributed by atoms with Crippen LogP contribution >= 0.6 is 0 Å². The molecule has 0 radical (unpaired) electrons. The van der Waals surface area contributed by atoms with Gasteiger partial charge in [-0.25, -0.2) is 0 Å². The zero-order valence-electron chi connectivity index (χ0n) is 11.5. The molecule has 2 heterocycles. The van der Waals surface area contributed by atoms with Crippen LogP contribution in [0, 0.1) is 6.92 Å². The van der Waals surface area contributed by atoms with E-state index in [1.807, 2.05) is 13.0 Å². The molecule has 20 heavy (non-hydrogen) atoms. The second-order valence-electron chi connectivity index (χ2n) is 4.50. The lowest BCUT2D eigenvalue weighted by atomic mass is 10.3. The van der Waals surface area contributed by atoms with Crippen LogP contribution in [0.2, 0.25) is 0 Å². The largest absolute Gasteiger partial charge is 0.364 e. The number of rotatable bonds is 4. The van der Waals surface area contributed by atoms with E-state index in [4.69, 9.17) is 5.73 Å². The van der Waals surface area contributed by atoms with Gasteiger partial charge in [0.2, 0.25) is 5.91 Å². The molecular formula is C12H16N6O2. The Morgan fingerprint density at radius 2 is 2.15 bits per heavy atom. The van der Waals surface area contributed by atoms with Crippen molar-refractivity contribution in [1.82, 2.24) is 19.6 Å². The summed E-state index contributed by atoms with van der Waals surface area (Å²) in [4.78, 5) is 23.5. The number of nitrogens with one attached hydrogen (secondary N) is 1.